The normalized spacial score (nSPS) is 19.3. The predicted octanol–water partition coefficient (Wildman–Crippen LogP) is 2.33. The minimum absolute atomic E-state index is 0.175. The summed E-state index contributed by atoms with van der Waals surface area (Å²) in [5, 5.41) is 3.86. The lowest BCUT2D eigenvalue weighted by molar-refractivity contribution is -0.140. The third kappa shape index (κ3) is 4.18. The number of carbonyl (C=O) groups is 2. The number of benzene rings is 1. The smallest absolute Gasteiger partial charge is 0.338 e. The zero-order chi connectivity index (χ0) is 20.3. The van der Waals surface area contributed by atoms with Gasteiger partial charge in [-0.25, -0.2) is 9.59 Å². The molecule has 7 nitrogen and oxygen atoms in total. The van der Waals surface area contributed by atoms with Gasteiger partial charge in [-0.1, -0.05) is 12.1 Å². The Bertz CT molecular complexity index is 801. The molecule has 0 amide bonds. The molecule has 0 spiro atoms. The van der Waals surface area contributed by atoms with E-state index in [9.17, 15) is 9.59 Å². The van der Waals surface area contributed by atoms with Gasteiger partial charge in [-0.3, -0.25) is 0 Å². The maximum atomic E-state index is 12.9. The minimum Gasteiger partial charge on any atom is -0.465 e. The first-order chi connectivity index (χ1) is 13.5. The molecule has 8 heteroatoms. The van der Waals surface area contributed by atoms with Gasteiger partial charge < -0.3 is 24.4 Å². The minimum atomic E-state index is -0.454. The highest BCUT2D eigenvalue weighted by Crippen LogP contribution is 2.38. The number of esters is 2. The maximum Gasteiger partial charge on any atom is 0.338 e. The Morgan fingerprint density at radius 3 is 2.39 bits per heavy atom. The highest BCUT2D eigenvalue weighted by Gasteiger charge is 2.40. The van der Waals surface area contributed by atoms with Crippen LogP contribution in [-0.2, 0) is 19.0 Å². The third-order valence-corrected chi connectivity index (χ3v) is 5.16. The Balaban J connectivity index is 1.93. The van der Waals surface area contributed by atoms with Crippen LogP contribution in [0.1, 0.15) is 41.7 Å². The van der Waals surface area contributed by atoms with Crippen LogP contribution in [0, 0.1) is 0 Å². The molecule has 3 rings (SSSR count). The molecule has 0 unspecified atom stereocenters. The van der Waals surface area contributed by atoms with E-state index < -0.39 is 18.0 Å². The fourth-order valence-electron chi connectivity index (χ4n) is 3.27. The molecule has 1 heterocycles. The molecule has 28 heavy (non-hydrogen) atoms. The van der Waals surface area contributed by atoms with Crippen LogP contribution in [0.4, 0.5) is 0 Å². The molecule has 1 atom stereocenters. The summed E-state index contributed by atoms with van der Waals surface area (Å²) in [5.41, 5.74) is 2.57. The van der Waals surface area contributed by atoms with Crippen molar-refractivity contribution in [1.82, 2.24) is 10.2 Å². The Morgan fingerprint density at radius 1 is 1.14 bits per heavy atom. The van der Waals surface area contributed by atoms with Crippen molar-refractivity contribution in [3.63, 3.8) is 0 Å². The Kier molecular flexibility index (Phi) is 6.31. The number of nitrogens with zero attached hydrogens (tertiary/aromatic N) is 1. The summed E-state index contributed by atoms with van der Waals surface area (Å²) in [5.74, 6) is -0.818. The maximum absolute atomic E-state index is 12.9. The average Bonchev–Trinajstić information content (AvgIpc) is 3.52. The van der Waals surface area contributed by atoms with Crippen LogP contribution in [0.25, 0.3) is 0 Å². The average molecular weight is 404 g/mol. The van der Waals surface area contributed by atoms with E-state index in [2.05, 4.69) is 5.32 Å². The summed E-state index contributed by atoms with van der Waals surface area (Å²) < 4.78 is 15.1. The van der Waals surface area contributed by atoms with E-state index in [1.807, 2.05) is 11.8 Å². The molecule has 0 radical (unpaired) electrons. The second-order valence-electron chi connectivity index (χ2n) is 6.73. The van der Waals surface area contributed by atoms with Crippen molar-refractivity contribution in [2.45, 2.75) is 31.8 Å². The van der Waals surface area contributed by atoms with Crippen LogP contribution in [0.2, 0.25) is 0 Å². The first kappa shape index (κ1) is 20.3. The topological polar surface area (TPSA) is 77.1 Å². The third-order valence-electron chi connectivity index (χ3n) is 4.84. The molecular formula is C20H24N2O5S. The number of thiocarbonyl (C=S) groups is 1. The van der Waals surface area contributed by atoms with E-state index >= 15 is 0 Å². The van der Waals surface area contributed by atoms with Crippen molar-refractivity contribution in [2.75, 3.05) is 27.4 Å². The van der Waals surface area contributed by atoms with E-state index in [-0.39, 0.29) is 6.61 Å². The molecule has 0 aromatic heterocycles. The first-order valence-corrected chi connectivity index (χ1v) is 9.53. The van der Waals surface area contributed by atoms with Crippen LogP contribution in [0.3, 0.4) is 0 Å². The standard InChI is InChI=1S/C20H24N2O5S/c1-12-16(19(24)27-11-10-25-2)17(21-20(28)22(12)15-8-9-15)13-4-6-14(7-5-13)18(23)26-3/h4-7,15,17H,8-11H2,1-3H3,(H,21,28)/t17-/m0/s1. The summed E-state index contributed by atoms with van der Waals surface area (Å²) in [4.78, 5) is 26.6. The van der Waals surface area contributed by atoms with Crippen molar-refractivity contribution in [1.29, 1.82) is 0 Å². The molecule has 1 N–H and O–H groups in total. The molecule has 1 aliphatic carbocycles. The van der Waals surface area contributed by atoms with Gasteiger partial charge in [0.15, 0.2) is 5.11 Å². The molecule has 0 bridgehead atoms. The SMILES string of the molecule is COCCOC(=O)C1=C(C)N(C2CC2)C(=S)N[C@H]1c1ccc(C(=O)OC)cc1. The van der Waals surface area contributed by atoms with E-state index in [0.717, 1.165) is 24.1 Å². The molecule has 1 fully saturated rings. The molecule has 1 aromatic carbocycles. The fourth-order valence-corrected chi connectivity index (χ4v) is 3.67. The Labute approximate surface area is 169 Å². The molecule has 0 saturated heterocycles. The molecule has 1 aromatic rings. The summed E-state index contributed by atoms with van der Waals surface area (Å²) in [7, 11) is 2.89. The van der Waals surface area contributed by atoms with Crippen LogP contribution in [-0.4, -0.2) is 55.4 Å². The lowest BCUT2D eigenvalue weighted by Gasteiger charge is -2.37. The molecule has 1 aliphatic heterocycles. The van der Waals surface area contributed by atoms with Crippen molar-refractivity contribution < 1.29 is 23.8 Å². The lowest BCUT2D eigenvalue weighted by Crippen LogP contribution is -2.48. The Hall–Kier alpha value is -2.45. The van der Waals surface area contributed by atoms with Gasteiger partial charge in [0, 0.05) is 18.8 Å². The number of allylic oxidation sites excluding steroid dienone is 1. The van der Waals surface area contributed by atoms with Crippen molar-refractivity contribution in [3.05, 3.63) is 46.7 Å². The van der Waals surface area contributed by atoms with Crippen LogP contribution < -0.4 is 5.32 Å². The summed E-state index contributed by atoms with van der Waals surface area (Å²) in [6.45, 7) is 2.40. The monoisotopic (exact) mass is 404 g/mol. The molecule has 150 valence electrons. The first-order valence-electron chi connectivity index (χ1n) is 9.12. The number of carbonyl (C=O) groups excluding carboxylic acids is 2. The van der Waals surface area contributed by atoms with Gasteiger partial charge in [0.2, 0.25) is 0 Å². The van der Waals surface area contributed by atoms with E-state index in [4.69, 9.17) is 26.4 Å². The quantitative estimate of drug-likeness (QED) is 0.422. The molecule has 2 aliphatic rings. The highest BCUT2D eigenvalue weighted by atomic mass is 32.1. The van der Waals surface area contributed by atoms with Gasteiger partial charge in [-0.2, -0.15) is 0 Å². The van der Waals surface area contributed by atoms with Crippen molar-refractivity contribution in [3.8, 4) is 0 Å². The summed E-state index contributed by atoms with van der Waals surface area (Å²) in [6.07, 6.45) is 2.09. The largest absolute Gasteiger partial charge is 0.465 e. The second-order valence-corrected chi connectivity index (χ2v) is 7.11. The summed E-state index contributed by atoms with van der Waals surface area (Å²) >= 11 is 5.56. The molecular weight excluding hydrogens is 380 g/mol. The van der Waals surface area contributed by atoms with Gasteiger partial charge in [0.25, 0.3) is 0 Å². The van der Waals surface area contributed by atoms with Gasteiger partial charge in [-0.05, 0) is 49.7 Å². The van der Waals surface area contributed by atoms with Gasteiger partial charge in [-0.15, -0.1) is 0 Å². The van der Waals surface area contributed by atoms with Gasteiger partial charge >= 0.3 is 11.9 Å². The van der Waals surface area contributed by atoms with E-state index in [0.29, 0.717) is 28.9 Å². The number of nitrogens with one attached hydrogen (secondary N) is 1. The van der Waals surface area contributed by atoms with Crippen molar-refractivity contribution >= 4 is 29.3 Å². The van der Waals surface area contributed by atoms with Gasteiger partial charge in [0.1, 0.15) is 6.61 Å². The number of methoxy groups -OCH3 is 2. The zero-order valence-electron chi connectivity index (χ0n) is 16.2. The van der Waals surface area contributed by atoms with Crippen molar-refractivity contribution in [2.24, 2.45) is 0 Å². The van der Waals surface area contributed by atoms with E-state index in [1.54, 1.807) is 31.4 Å². The number of hydrogen-bond acceptors (Lipinski definition) is 6. The zero-order valence-corrected chi connectivity index (χ0v) is 17.0. The molecule has 1 saturated carbocycles. The highest BCUT2D eigenvalue weighted by molar-refractivity contribution is 7.80. The fraction of sp³-hybridized carbons (Fsp3) is 0.450. The van der Waals surface area contributed by atoms with E-state index in [1.165, 1.54) is 7.11 Å². The number of hydrogen-bond donors (Lipinski definition) is 1. The lowest BCUT2D eigenvalue weighted by atomic mass is 9.94. The second kappa shape index (κ2) is 8.70. The Morgan fingerprint density at radius 2 is 1.82 bits per heavy atom. The van der Waals surface area contributed by atoms with Crippen LogP contribution in [0.5, 0.6) is 0 Å². The number of ether oxygens (including phenoxy) is 3. The summed E-state index contributed by atoms with van der Waals surface area (Å²) in [6, 6.07) is 6.78. The van der Waals surface area contributed by atoms with Crippen LogP contribution in [0.15, 0.2) is 35.5 Å². The van der Waals surface area contributed by atoms with Gasteiger partial charge in [0.05, 0.1) is 30.9 Å². The predicted molar refractivity (Wildman–Crippen MR) is 107 cm³/mol. The number of rotatable bonds is 7. The van der Waals surface area contributed by atoms with Crippen LogP contribution >= 0.6 is 12.2 Å².